The molecule has 1 nitrogen and oxygen atoms in total. The van der Waals surface area contributed by atoms with Crippen molar-refractivity contribution >= 4 is 12.4 Å². The van der Waals surface area contributed by atoms with Crippen LogP contribution in [-0.2, 0) is 13.0 Å². The predicted molar refractivity (Wildman–Crippen MR) is 125 cm³/mol. The van der Waals surface area contributed by atoms with Crippen molar-refractivity contribution < 1.29 is 4.48 Å². The maximum Gasteiger partial charge on any atom is 0.104 e. The molecule has 0 saturated carbocycles. The van der Waals surface area contributed by atoms with Gasteiger partial charge in [0.05, 0.1) is 20.6 Å². The highest BCUT2D eigenvalue weighted by molar-refractivity contribution is 5.85. The highest BCUT2D eigenvalue weighted by atomic mass is 35.5. The van der Waals surface area contributed by atoms with Crippen molar-refractivity contribution in [2.75, 3.05) is 20.6 Å². The van der Waals surface area contributed by atoms with E-state index < -0.39 is 0 Å². The third kappa shape index (κ3) is 14.2. The SMILES string of the molecule is CCCCCCCCCCCCCC[N+](C)(C)Cc1ccc(CC)cc1.Cl. The van der Waals surface area contributed by atoms with Crippen LogP contribution in [0.15, 0.2) is 24.3 Å². The highest BCUT2D eigenvalue weighted by Crippen LogP contribution is 2.15. The van der Waals surface area contributed by atoms with Crippen LogP contribution in [0.25, 0.3) is 0 Å². The average Bonchev–Trinajstić information content (AvgIpc) is 2.63. The Bertz CT molecular complexity index is 438. The second-order valence-electron chi connectivity index (χ2n) is 8.88. The van der Waals surface area contributed by atoms with Crippen LogP contribution in [-0.4, -0.2) is 25.1 Å². The summed E-state index contributed by atoms with van der Waals surface area (Å²) in [5, 5.41) is 0. The van der Waals surface area contributed by atoms with Gasteiger partial charge < -0.3 is 4.48 Å². The Morgan fingerprint density at radius 3 is 1.44 bits per heavy atom. The molecular formula is C25H47ClN+. The molecule has 0 radical (unpaired) electrons. The van der Waals surface area contributed by atoms with Gasteiger partial charge in [0.1, 0.15) is 6.54 Å². The van der Waals surface area contributed by atoms with Gasteiger partial charge in [-0.25, -0.2) is 0 Å². The number of aryl methyl sites for hydroxylation is 1. The number of unbranched alkanes of at least 4 members (excludes halogenated alkanes) is 11. The summed E-state index contributed by atoms with van der Waals surface area (Å²) in [5.74, 6) is 0. The zero-order valence-electron chi connectivity index (χ0n) is 18.8. The lowest BCUT2D eigenvalue weighted by atomic mass is 10.0. The van der Waals surface area contributed by atoms with Gasteiger partial charge in [-0.1, -0.05) is 102 Å². The van der Waals surface area contributed by atoms with Crippen LogP contribution in [0.4, 0.5) is 0 Å². The van der Waals surface area contributed by atoms with Crippen LogP contribution in [0.1, 0.15) is 102 Å². The standard InChI is InChI=1S/C25H46N.ClH/c1-5-7-8-9-10-11-12-13-14-15-16-17-22-26(3,4)23-25-20-18-24(6-2)19-21-25;/h18-21H,5-17,22-23H2,1-4H3;1H/q+1;. The molecule has 0 saturated heterocycles. The molecule has 0 amide bonds. The van der Waals surface area contributed by atoms with Gasteiger partial charge in [0.25, 0.3) is 0 Å². The number of halogens is 1. The van der Waals surface area contributed by atoms with E-state index in [4.69, 9.17) is 0 Å². The fourth-order valence-electron chi connectivity index (χ4n) is 3.83. The molecule has 0 aliphatic carbocycles. The molecule has 0 aliphatic heterocycles. The Hall–Kier alpha value is -0.530. The highest BCUT2D eigenvalue weighted by Gasteiger charge is 2.15. The third-order valence-corrected chi connectivity index (χ3v) is 5.66. The molecule has 2 heteroatoms. The smallest absolute Gasteiger partial charge is 0.104 e. The van der Waals surface area contributed by atoms with Gasteiger partial charge in [0.2, 0.25) is 0 Å². The summed E-state index contributed by atoms with van der Waals surface area (Å²) in [7, 11) is 4.76. The Balaban J connectivity index is 0.00000676. The predicted octanol–water partition coefficient (Wildman–Crippen LogP) is 7.95. The molecule has 1 rings (SSSR count). The molecular weight excluding hydrogens is 350 g/mol. The summed E-state index contributed by atoms with van der Waals surface area (Å²) in [6.45, 7) is 6.97. The van der Waals surface area contributed by atoms with Gasteiger partial charge in [-0.05, 0) is 24.8 Å². The molecule has 0 N–H and O–H groups in total. The molecule has 1 aromatic rings. The van der Waals surface area contributed by atoms with Crippen molar-refractivity contribution in [2.24, 2.45) is 0 Å². The molecule has 0 fully saturated rings. The largest absolute Gasteiger partial charge is 0.325 e. The summed E-state index contributed by atoms with van der Waals surface area (Å²) in [4.78, 5) is 0. The second-order valence-corrected chi connectivity index (χ2v) is 8.88. The number of rotatable bonds is 16. The number of nitrogens with zero attached hydrogens (tertiary/aromatic N) is 1. The fourth-order valence-corrected chi connectivity index (χ4v) is 3.83. The zero-order chi connectivity index (χ0) is 19.1. The van der Waals surface area contributed by atoms with Crippen molar-refractivity contribution in [3.8, 4) is 0 Å². The Morgan fingerprint density at radius 1 is 0.593 bits per heavy atom. The quantitative estimate of drug-likeness (QED) is 0.196. The zero-order valence-corrected chi connectivity index (χ0v) is 19.6. The fraction of sp³-hybridized carbons (Fsp3) is 0.760. The maximum atomic E-state index is 2.38. The van der Waals surface area contributed by atoms with Crippen LogP contribution in [0.5, 0.6) is 0 Å². The first-order valence-corrected chi connectivity index (χ1v) is 11.5. The molecule has 0 aliphatic rings. The van der Waals surface area contributed by atoms with Crippen LogP contribution < -0.4 is 0 Å². The lowest BCUT2D eigenvalue weighted by Crippen LogP contribution is -2.39. The monoisotopic (exact) mass is 396 g/mol. The van der Waals surface area contributed by atoms with Crippen LogP contribution in [0.2, 0.25) is 0 Å². The van der Waals surface area contributed by atoms with Crippen molar-refractivity contribution in [3.63, 3.8) is 0 Å². The Kier molecular flexibility index (Phi) is 16.1. The van der Waals surface area contributed by atoms with Crippen LogP contribution in [0, 0.1) is 0 Å². The van der Waals surface area contributed by atoms with Crippen molar-refractivity contribution in [1.29, 1.82) is 0 Å². The number of hydrogen-bond donors (Lipinski definition) is 0. The van der Waals surface area contributed by atoms with Crippen LogP contribution >= 0.6 is 12.4 Å². The van der Waals surface area contributed by atoms with Gasteiger partial charge in [0.15, 0.2) is 0 Å². The number of benzene rings is 1. The van der Waals surface area contributed by atoms with E-state index in [1.807, 2.05) is 0 Å². The minimum absolute atomic E-state index is 0. The van der Waals surface area contributed by atoms with E-state index >= 15 is 0 Å². The van der Waals surface area contributed by atoms with Gasteiger partial charge in [-0.15, -0.1) is 12.4 Å². The first-order chi connectivity index (χ1) is 12.6. The third-order valence-electron chi connectivity index (χ3n) is 5.66. The first kappa shape index (κ1) is 26.5. The molecule has 0 heterocycles. The molecule has 0 atom stereocenters. The van der Waals surface area contributed by atoms with E-state index in [1.165, 1.54) is 94.7 Å². The summed E-state index contributed by atoms with van der Waals surface area (Å²) >= 11 is 0. The normalized spacial score (nSPS) is 11.4. The minimum Gasteiger partial charge on any atom is -0.325 e. The molecule has 158 valence electrons. The van der Waals surface area contributed by atoms with Crippen molar-refractivity contribution in [1.82, 2.24) is 0 Å². The Labute approximate surface area is 176 Å². The summed E-state index contributed by atoms with van der Waals surface area (Å²) < 4.78 is 1.11. The van der Waals surface area contributed by atoms with E-state index in [2.05, 4.69) is 52.2 Å². The summed E-state index contributed by atoms with van der Waals surface area (Å²) in [6, 6.07) is 9.22. The molecule has 1 aromatic carbocycles. The number of quaternary nitrogens is 1. The number of hydrogen-bond acceptors (Lipinski definition) is 0. The molecule has 0 bridgehead atoms. The molecule has 27 heavy (non-hydrogen) atoms. The van der Waals surface area contributed by atoms with Gasteiger partial charge >= 0.3 is 0 Å². The van der Waals surface area contributed by atoms with Crippen LogP contribution in [0.3, 0.4) is 0 Å². The maximum absolute atomic E-state index is 2.38. The first-order valence-electron chi connectivity index (χ1n) is 11.5. The van der Waals surface area contributed by atoms with Gasteiger partial charge in [0, 0.05) is 5.56 Å². The summed E-state index contributed by atoms with van der Waals surface area (Å²) in [5.41, 5.74) is 2.92. The van der Waals surface area contributed by atoms with E-state index in [1.54, 1.807) is 0 Å². The van der Waals surface area contributed by atoms with E-state index in [0.717, 1.165) is 17.4 Å². The average molecular weight is 397 g/mol. The van der Waals surface area contributed by atoms with E-state index in [9.17, 15) is 0 Å². The topological polar surface area (TPSA) is 0 Å². The van der Waals surface area contributed by atoms with Gasteiger partial charge in [-0.3, -0.25) is 0 Å². The second kappa shape index (κ2) is 16.4. The summed E-state index contributed by atoms with van der Waals surface area (Å²) in [6.07, 6.45) is 18.3. The minimum atomic E-state index is 0. The lowest BCUT2D eigenvalue weighted by molar-refractivity contribution is -0.903. The molecule has 0 unspecified atom stereocenters. The van der Waals surface area contributed by atoms with E-state index in [-0.39, 0.29) is 12.4 Å². The van der Waals surface area contributed by atoms with Crippen molar-refractivity contribution in [2.45, 2.75) is 104 Å². The van der Waals surface area contributed by atoms with E-state index in [0.29, 0.717) is 0 Å². The Morgan fingerprint density at radius 2 is 1.00 bits per heavy atom. The lowest BCUT2D eigenvalue weighted by Gasteiger charge is -2.30. The van der Waals surface area contributed by atoms with Crippen molar-refractivity contribution in [3.05, 3.63) is 35.4 Å². The van der Waals surface area contributed by atoms with Gasteiger partial charge in [-0.2, -0.15) is 0 Å². The molecule has 0 aromatic heterocycles. The molecule has 0 spiro atoms.